The summed E-state index contributed by atoms with van der Waals surface area (Å²) in [5.41, 5.74) is 0.548. The summed E-state index contributed by atoms with van der Waals surface area (Å²) in [4.78, 5) is 27.8. The first-order chi connectivity index (χ1) is 18.9. The maximum absolute atomic E-state index is 12.1. The number of ether oxygens (including phenoxy) is 4. The number of carbonyl (C=O) groups excluding carboxylic acids is 2. The fourth-order valence-electron chi connectivity index (χ4n) is 6.37. The van der Waals surface area contributed by atoms with Crippen molar-refractivity contribution >= 4 is 44.3 Å². The predicted molar refractivity (Wildman–Crippen MR) is 142 cm³/mol. The summed E-state index contributed by atoms with van der Waals surface area (Å²) < 4.78 is 28.7. The van der Waals surface area contributed by atoms with Gasteiger partial charge in [-0.3, -0.25) is 4.90 Å². The number of hydrogen-bond donors (Lipinski definition) is 1. The first-order valence-corrected chi connectivity index (χ1v) is 13.9. The monoisotopic (exact) mass is 549 g/mol. The summed E-state index contributed by atoms with van der Waals surface area (Å²) in [5, 5.41) is 13.2. The molecule has 39 heavy (non-hydrogen) atoms. The van der Waals surface area contributed by atoms with E-state index in [9.17, 15) is 14.7 Å². The van der Waals surface area contributed by atoms with Crippen LogP contribution in [0.25, 0.3) is 21.1 Å². The van der Waals surface area contributed by atoms with Crippen LogP contribution in [0.1, 0.15) is 36.5 Å². The van der Waals surface area contributed by atoms with E-state index in [1.54, 1.807) is 31.4 Å². The minimum Gasteiger partial charge on any atom is -0.496 e. The van der Waals surface area contributed by atoms with E-state index < -0.39 is 24.0 Å². The van der Waals surface area contributed by atoms with Crippen LogP contribution in [-0.4, -0.2) is 59.8 Å². The van der Waals surface area contributed by atoms with Gasteiger partial charge in [0.25, 0.3) is 0 Å². The Hall–Kier alpha value is -3.60. The number of thiophene rings is 1. The van der Waals surface area contributed by atoms with Crippen LogP contribution in [0, 0.1) is 0 Å². The Morgan fingerprint density at radius 2 is 1.74 bits per heavy atom. The molecule has 2 aromatic heterocycles. The highest BCUT2D eigenvalue weighted by molar-refractivity contribution is 7.19. The number of rotatable bonds is 7. The fraction of sp³-hybridized carbons (Fsp3) is 0.379. The Bertz CT molecular complexity index is 1550. The van der Waals surface area contributed by atoms with Gasteiger partial charge in [0.2, 0.25) is 0 Å². The van der Waals surface area contributed by atoms with Crippen LogP contribution in [0.2, 0.25) is 0 Å². The van der Waals surface area contributed by atoms with Gasteiger partial charge in [-0.15, -0.1) is 11.3 Å². The Kier molecular flexibility index (Phi) is 5.80. The molecule has 3 atom stereocenters. The summed E-state index contributed by atoms with van der Waals surface area (Å²) >= 11 is 1.81. The molecule has 3 saturated heterocycles. The SMILES string of the molecule is COc1cccc2sc(C3C[C@@H]4CC[C@@H](C3)N4C[C@H](O)C3(Oc4cccc5occc45)OC(=O)C(=O)O3)cc12. The fourth-order valence-corrected chi connectivity index (χ4v) is 7.57. The van der Waals surface area contributed by atoms with Crippen LogP contribution in [0.5, 0.6) is 11.5 Å². The molecule has 2 bridgehead atoms. The summed E-state index contributed by atoms with van der Waals surface area (Å²) in [6.07, 6.45) is 3.97. The smallest absolute Gasteiger partial charge is 0.451 e. The number of aliphatic hydroxyl groups excluding tert-OH is 1. The largest absolute Gasteiger partial charge is 0.496 e. The number of nitrogens with zero attached hydrogens (tertiary/aromatic N) is 1. The Labute approximate surface area is 227 Å². The number of piperidine rings is 1. The molecular weight excluding hydrogens is 522 g/mol. The van der Waals surface area contributed by atoms with Gasteiger partial charge in [-0.2, -0.15) is 0 Å². The minimum absolute atomic E-state index is 0.129. The molecule has 0 aliphatic carbocycles. The van der Waals surface area contributed by atoms with E-state index in [0.717, 1.165) is 36.8 Å². The van der Waals surface area contributed by atoms with Gasteiger partial charge in [0.15, 0.2) is 6.10 Å². The van der Waals surface area contributed by atoms with E-state index in [4.69, 9.17) is 23.4 Å². The van der Waals surface area contributed by atoms with Crippen molar-refractivity contribution in [3.8, 4) is 11.5 Å². The third-order valence-electron chi connectivity index (χ3n) is 8.18. The molecule has 0 saturated carbocycles. The summed E-state index contributed by atoms with van der Waals surface area (Å²) in [6.45, 7) is 0.129. The summed E-state index contributed by atoms with van der Waals surface area (Å²) in [5.74, 6) is -3.12. The topological polar surface area (TPSA) is 108 Å². The van der Waals surface area contributed by atoms with Gasteiger partial charge in [0.1, 0.15) is 17.1 Å². The highest BCUT2D eigenvalue weighted by Crippen LogP contribution is 2.47. The number of carbonyl (C=O) groups is 2. The lowest BCUT2D eigenvalue weighted by Gasteiger charge is -2.41. The third kappa shape index (κ3) is 4.05. The summed E-state index contributed by atoms with van der Waals surface area (Å²) in [7, 11) is 1.70. The molecule has 1 N–H and O–H groups in total. The van der Waals surface area contributed by atoms with Crippen LogP contribution < -0.4 is 9.47 Å². The zero-order valence-electron chi connectivity index (χ0n) is 21.2. The van der Waals surface area contributed by atoms with Gasteiger partial charge in [-0.1, -0.05) is 12.1 Å². The molecule has 9 nitrogen and oxygen atoms in total. The molecule has 2 aromatic carbocycles. The van der Waals surface area contributed by atoms with Crippen molar-refractivity contribution < 1.29 is 38.1 Å². The van der Waals surface area contributed by atoms with Crippen molar-refractivity contribution in [3.63, 3.8) is 0 Å². The van der Waals surface area contributed by atoms with E-state index in [1.807, 2.05) is 23.5 Å². The molecule has 4 aromatic rings. The van der Waals surface area contributed by atoms with E-state index in [0.29, 0.717) is 16.9 Å². The Balaban J connectivity index is 1.12. The van der Waals surface area contributed by atoms with Gasteiger partial charge < -0.3 is 28.5 Å². The van der Waals surface area contributed by atoms with Crippen LogP contribution in [-0.2, 0) is 19.1 Å². The molecule has 10 heteroatoms. The molecule has 3 aliphatic heterocycles. The molecular formula is C29H27NO8S. The highest BCUT2D eigenvalue weighted by Gasteiger charge is 2.59. The lowest BCUT2D eigenvalue weighted by molar-refractivity contribution is -0.319. The van der Waals surface area contributed by atoms with Gasteiger partial charge in [0, 0.05) is 33.6 Å². The number of hydrogen-bond acceptors (Lipinski definition) is 10. The van der Waals surface area contributed by atoms with Gasteiger partial charge in [-0.25, -0.2) is 9.59 Å². The van der Waals surface area contributed by atoms with Crippen molar-refractivity contribution in [1.29, 1.82) is 0 Å². The average molecular weight is 550 g/mol. The Morgan fingerprint density at radius 3 is 2.49 bits per heavy atom. The summed E-state index contributed by atoms with van der Waals surface area (Å²) in [6, 6.07) is 15.6. The third-order valence-corrected chi connectivity index (χ3v) is 9.45. The second-order valence-corrected chi connectivity index (χ2v) is 11.5. The number of fused-ring (bicyclic) bond motifs is 4. The minimum atomic E-state index is -2.28. The second kappa shape index (κ2) is 9.25. The lowest BCUT2D eigenvalue weighted by atomic mass is 9.89. The molecule has 3 aliphatic rings. The second-order valence-electron chi connectivity index (χ2n) is 10.4. The zero-order valence-corrected chi connectivity index (χ0v) is 22.0. The molecule has 0 radical (unpaired) electrons. The predicted octanol–water partition coefficient (Wildman–Crippen LogP) is 4.56. The molecule has 0 amide bonds. The molecule has 202 valence electrons. The van der Waals surface area contributed by atoms with Crippen LogP contribution in [0.15, 0.2) is 59.2 Å². The number of esters is 2. The molecule has 7 rings (SSSR count). The van der Waals surface area contributed by atoms with E-state index in [-0.39, 0.29) is 24.4 Å². The quantitative estimate of drug-likeness (QED) is 0.262. The van der Waals surface area contributed by atoms with Crippen molar-refractivity contribution in [2.75, 3.05) is 13.7 Å². The lowest BCUT2D eigenvalue weighted by Crippen LogP contribution is -2.56. The maximum Gasteiger partial charge on any atom is 0.451 e. The van der Waals surface area contributed by atoms with E-state index in [2.05, 4.69) is 17.0 Å². The first kappa shape index (κ1) is 24.4. The van der Waals surface area contributed by atoms with E-state index in [1.165, 1.54) is 15.8 Å². The first-order valence-electron chi connectivity index (χ1n) is 13.1. The van der Waals surface area contributed by atoms with Gasteiger partial charge >= 0.3 is 17.9 Å². The normalized spacial score (nSPS) is 25.1. The number of benzene rings is 2. The number of furan rings is 1. The van der Waals surface area contributed by atoms with Crippen molar-refractivity contribution in [3.05, 3.63) is 59.7 Å². The van der Waals surface area contributed by atoms with Crippen LogP contribution in [0.4, 0.5) is 0 Å². The Morgan fingerprint density at radius 1 is 1.03 bits per heavy atom. The average Bonchev–Trinajstić information content (AvgIpc) is 3.69. The molecule has 0 spiro atoms. The van der Waals surface area contributed by atoms with E-state index >= 15 is 0 Å². The van der Waals surface area contributed by atoms with Crippen molar-refractivity contribution in [2.24, 2.45) is 0 Å². The van der Waals surface area contributed by atoms with Crippen LogP contribution >= 0.6 is 11.3 Å². The van der Waals surface area contributed by atoms with Crippen molar-refractivity contribution in [1.82, 2.24) is 4.90 Å². The van der Waals surface area contributed by atoms with Gasteiger partial charge in [0.05, 0.1) is 18.8 Å². The number of methoxy groups -OCH3 is 1. The maximum atomic E-state index is 12.1. The molecule has 3 fully saturated rings. The molecule has 5 heterocycles. The highest BCUT2D eigenvalue weighted by atomic mass is 32.1. The molecule has 0 unspecified atom stereocenters. The van der Waals surface area contributed by atoms with Crippen LogP contribution in [0.3, 0.4) is 0 Å². The van der Waals surface area contributed by atoms with Crippen molar-refractivity contribution in [2.45, 2.75) is 55.8 Å². The number of cyclic esters (lactones) is 2. The number of aliphatic hydroxyl groups is 1. The standard InChI is InChI=1S/C29H27NO8S/c1-34-21-4-3-7-24-20(21)14-25(39-24)16-12-17-8-9-18(13-16)30(17)15-26(31)29(37-27(32)28(33)38-29)36-23-6-2-5-22-19(23)10-11-35-22/h2-7,10-11,14,16-18,26,31H,8-9,12-13,15H2,1H3/t17-,18-,26-/m0/s1. The zero-order chi connectivity index (χ0) is 26.7. The van der Waals surface area contributed by atoms with Gasteiger partial charge in [-0.05, 0) is 68.0 Å².